The minimum Gasteiger partial charge on any atom is -0.481 e. The van der Waals surface area contributed by atoms with Crippen LogP contribution < -0.4 is 5.32 Å². The van der Waals surface area contributed by atoms with Gasteiger partial charge in [0, 0.05) is 13.1 Å². The molecule has 0 spiro atoms. The molecule has 0 aliphatic carbocycles. The van der Waals surface area contributed by atoms with Crippen LogP contribution in [0.25, 0.3) is 0 Å². The number of hydrogen-bond donors (Lipinski definition) is 2. The lowest BCUT2D eigenvalue weighted by molar-refractivity contribution is -0.153. The molecule has 0 saturated carbocycles. The molecule has 0 radical (unpaired) electrons. The summed E-state index contributed by atoms with van der Waals surface area (Å²) in [5.74, 6) is -2.04. The Kier molecular flexibility index (Phi) is 3.55. The summed E-state index contributed by atoms with van der Waals surface area (Å²) in [6.45, 7) is 1.93. The first kappa shape index (κ1) is 13.1. The van der Waals surface area contributed by atoms with E-state index in [1.165, 1.54) is 17.2 Å². The average Bonchev–Trinajstić information content (AvgIpc) is 2.79. The minimum absolute atomic E-state index is 0.131. The van der Waals surface area contributed by atoms with Crippen molar-refractivity contribution in [2.75, 3.05) is 13.1 Å². The third-order valence-electron chi connectivity index (χ3n) is 3.01. The molecule has 0 bridgehead atoms. The quantitative estimate of drug-likeness (QED) is 0.795. The SMILES string of the molecule is CC(NC(=O)c1ccco1)C(=O)N1CC(C(=O)O)C1. The first-order valence-electron chi connectivity index (χ1n) is 5.85. The van der Waals surface area contributed by atoms with Crippen molar-refractivity contribution >= 4 is 17.8 Å². The van der Waals surface area contributed by atoms with Crippen molar-refractivity contribution < 1.29 is 23.9 Å². The third kappa shape index (κ3) is 2.75. The summed E-state index contributed by atoms with van der Waals surface area (Å²) in [4.78, 5) is 35.6. The standard InChI is InChI=1S/C12H14N2O5/c1-7(13-10(15)9-3-2-4-19-9)11(16)14-5-8(6-14)12(17)18/h2-4,7-8H,5-6H2,1H3,(H,13,15)(H,17,18). The normalized spacial score (nSPS) is 16.6. The van der Waals surface area contributed by atoms with Crippen molar-refractivity contribution in [3.63, 3.8) is 0 Å². The van der Waals surface area contributed by atoms with Crippen molar-refractivity contribution in [3.05, 3.63) is 24.2 Å². The molecule has 2 rings (SSSR count). The number of rotatable bonds is 4. The van der Waals surface area contributed by atoms with Crippen molar-refractivity contribution in [3.8, 4) is 0 Å². The molecule has 19 heavy (non-hydrogen) atoms. The van der Waals surface area contributed by atoms with Gasteiger partial charge >= 0.3 is 5.97 Å². The van der Waals surface area contributed by atoms with Crippen LogP contribution in [0.3, 0.4) is 0 Å². The fourth-order valence-electron chi connectivity index (χ4n) is 1.83. The van der Waals surface area contributed by atoms with Crippen molar-refractivity contribution in [2.45, 2.75) is 13.0 Å². The molecular weight excluding hydrogens is 252 g/mol. The van der Waals surface area contributed by atoms with E-state index in [-0.39, 0.29) is 24.8 Å². The zero-order chi connectivity index (χ0) is 14.0. The molecule has 1 aromatic heterocycles. The van der Waals surface area contributed by atoms with Gasteiger partial charge in [-0.25, -0.2) is 0 Å². The van der Waals surface area contributed by atoms with E-state index in [4.69, 9.17) is 9.52 Å². The second-order valence-electron chi connectivity index (χ2n) is 4.45. The molecule has 0 aromatic carbocycles. The highest BCUT2D eigenvalue weighted by molar-refractivity contribution is 5.95. The molecular formula is C12H14N2O5. The van der Waals surface area contributed by atoms with Crippen LogP contribution >= 0.6 is 0 Å². The van der Waals surface area contributed by atoms with Crippen LogP contribution in [0.2, 0.25) is 0 Å². The van der Waals surface area contributed by atoms with Crippen LogP contribution in [0.5, 0.6) is 0 Å². The Morgan fingerprint density at radius 3 is 2.68 bits per heavy atom. The summed E-state index contributed by atoms with van der Waals surface area (Å²) in [7, 11) is 0. The molecule has 1 fully saturated rings. The number of carbonyl (C=O) groups is 3. The summed E-state index contributed by atoms with van der Waals surface area (Å²) in [5, 5.41) is 11.2. The third-order valence-corrected chi connectivity index (χ3v) is 3.01. The van der Waals surface area contributed by atoms with E-state index in [9.17, 15) is 14.4 Å². The second kappa shape index (κ2) is 5.13. The van der Waals surface area contributed by atoms with Gasteiger partial charge in [-0.3, -0.25) is 14.4 Å². The maximum absolute atomic E-state index is 11.9. The van der Waals surface area contributed by atoms with E-state index in [2.05, 4.69) is 5.32 Å². The molecule has 2 amide bonds. The summed E-state index contributed by atoms with van der Waals surface area (Å²) < 4.78 is 4.91. The van der Waals surface area contributed by atoms with Crippen LogP contribution in [-0.4, -0.2) is 46.9 Å². The molecule has 102 valence electrons. The first-order valence-corrected chi connectivity index (χ1v) is 5.85. The zero-order valence-electron chi connectivity index (χ0n) is 10.3. The number of nitrogens with zero attached hydrogens (tertiary/aromatic N) is 1. The van der Waals surface area contributed by atoms with Gasteiger partial charge in [-0.2, -0.15) is 0 Å². The molecule has 1 unspecified atom stereocenters. The Hall–Kier alpha value is -2.31. The Labute approximate surface area is 109 Å². The molecule has 1 aromatic rings. The molecule has 1 aliphatic rings. The molecule has 1 atom stereocenters. The number of hydrogen-bond acceptors (Lipinski definition) is 4. The molecule has 2 N–H and O–H groups in total. The summed E-state index contributed by atoms with van der Waals surface area (Å²) in [6.07, 6.45) is 1.37. The number of carbonyl (C=O) groups excluding carboxylic acids is 2. The first-order chi connectivity index (χ1) is 8.99. The van der Waals surface area contributed by atoms with Gasteiger partial charge in [0.05, 0.1) is 12.2 Å². The van der Waals surface area contributed by atoms with Crippen molar-refractivity contribution in [1.82, 2.24) is 10.2 Å². The molecule has 1 aliphatic heterocycles. The van der Waals surface area contributed by atoms with Crippen LogP contribution in [0, 0.1) is 5.92 Å². The van der Waals surface area contributed by atoms with Gasteiger partial charge in [-0.1, -0.05) is 0 Å². The minimum atomic E-state index is -0.906. The predicted octanol–water partition coefficient (Wildman–Crippen LogP) is -0.0591. The summed E-state index contributed by atoms with van der Waals surface area (Å²) >= 11 is 0. The monoisotopic (exact) mass is 266 g/mol. The van der Waals surface area contributed by atoms with Gasteiger partial charge in [0.2, 0.25) is 5.91 Å². The number of furan rings is 1. The second-order valence-corrected chi connectivity index (χ2v) is 4.45. The van der Waals surface area contributed by atoms with Crippen LogP contribution in [0.1, 0.15) is 17.5 Å². The highest BCUT2D eigenvalue weighted by atomic mass is 16.4. The maximum atomic E-state index is 11.9. The molecule has 7 nitrogen and oxygen atoms in total. The topological polar surface area (TPSA) is 99.9 Å². The number of aliphatic carboxylic acids is 1. The van der Waals surface area contributed by atoms with Gasteiger partial charge in [0.15, 0.2) is 5.76 Å². The van der Waals surface area contributed by atoms with Gasteiger partial charge < -0.3 is 19.7 Å². The van der Waals surface area contributed by atoms with Crippen LogP contribution in [0.4, 0.5) is 0 Å². The van der Waals surface area contributed by atoms with Gasteiger partial charge in [-0.15, -0.1) is 0 Å². The predicted molar refractivity (Wildman–Crippen MR) is 63.3 cm³/mol. The van der Waals surface area contributed by atoms with E-state index in [1.54, 1.807) is 13.0 Å². The fraction of sp³-hybridized carbons (Fsp3) is 0.417. The number of amides is 2. The van der Waals surface area contributed by atoms with E-state index < -0.39 is 23.8 Å². The highest BCUT2D eigenvalue weighted by Crippen LogP contribution is 2.16. The Balaban J connectivity index is 1.84. The Morgan fingerprint density at radius 2 is 2.16 bits per heavy atom. The number of carboxylic acid groups (broad SMARTS) is 1. The van der Waals surface area contributed by atoms with Crippen LogP contribution in [0.15, 0.2) is 22.8 Å². The van der Waals surface area contributed by atoms with Gasteiger partial charge in [-0.05, 0) is 19.1 Å². The zero-order valence-corrected chi connectivity index (χ0v) is 10.3. The summed E-state index contributed by atoms with van der Waals surface area (Å²) in [5.41, 5.74) is 0. The van der Waals surface area contributed by atoms with E-state index in [0.717, 1.165) is 0 Å². The van der Waals surface area contributed by atoms with Crippen LogP contribution in [-0.2, 0) is 9.59 Å². The lowest BCUT2D eigenvalue weighted by atomic mass is 9.99. The molecule has 1 saturated heterocycles. The Morgan fingerprint density at radius 1 is 1.47 bits per heavy atom. The van der Waals surface area contributed by atoms with Gasteiger partial charge in [0.1, 0.15) is 6.04 Å². The van der Waals surface area contributed by atoms with Gasteiger partial charge in [0.25, 0.3) is 5.91 Å². The van der Waals surface area contributed by atoms with E-state index in [1.807, 2.05) is 0 Å². The average molecular weight is 266 g/mol. The lowest BCUT2D eigenvalue weighted by Crippen LogP contribution is -2.58. The van der Waals surface area contributed by atoms with E-state index in [0.29, 0.717) is 0 Å². The lowest BCUT2D eigenvalue weighted by Gasteiger charge is -2.38. The number of nitrogens with one attached hydrogen (secondary N) is 1. The fourth-order valence-corrected chi connectivity index (χ4v) is 1.83. The van der Waals surface area contributed by atoms with E-state index >= 15 is 0 Å². The highest BCUT2D eigenvalue weighted by Gasteiger charge is 2.37. The Bertz CT molecular complexity index is 490. The summed E-state index contributed by atoms with van der Waals surface area (Å²) in [6, 6.07) is 2.36. The number of likely N-dealkylation sites (tertiary alicyclic amines) is 1. The van der Waals surface area contributed by atoms with Crippen molar-refractivity contribution in [2.24, 2.45) is 5.92 Å². The maximum Gasteiger partial charge on any atom is 0.310 e. The smallest absolute Gasteiger partial charge is 0.310 e. The molecule has 2 heterocycles. The number of carboxylic acids is 1. The largest absolute Gasteiger partial charge is 0.481 e. The van der Waals surface area contributed by atoms with Crippen molar-refractivity contribution in [1.29, 1.82) is 0 Å². The molecule has 7 heteroatoms.